The second-order valence-corrected chi connectivity index (χ2v) is 5.40. The molecule has 1 aliphatic heterocycles. The maximum Gasteiger partial charge on any atom is 0.260 e. The van der Waals surface area contributed by atoms with E-state index in [0.717, 1.165) is 31.8 Å². The minimum absolute atomic E-state index is 0.0291. The first-order chi connectivity index (χ1) is 10.2. The van der Waals surface area contributed by atoms with E-state index in [2.05, 4.69) is 4.90 Å². The molecule has 0 aromatic heterocycles. The molecule has 1 aliphatic rings. The van der Waals surface area contributed by atoms with Crippen LogP contribution in [0.4, 0.5) is 0 Å². The summed E-state index contributed by atoms with van der Waals surface area (Å²) >= 11 is 0. The van der Waals surface area contributed by atoms with Gasteiger partial charge in [-0.2, -0.15) is 0 Å². The van der Waals surface area contributed by atoms with E-state index in [9.17, 15) is 4.79 Å². The number of amides is 1. The Morgan fingerprint density at radius 3 is 2.67 bits per heavy atom. The molecule has 21 heavy (non-hydrogen) atoms. The van der Waals surface area contributed by atoms with Crippen LogP contribution in [-0.4, -0.2) is 66.8 Å². The third kappa shape index (κ3) is 5.02. The van der Waals surface area contributed by atoms with Gasteiger partial charge in [-0.25, -0.2) is 0 Å². The van der Waals surface area contributed by atoms with Crippen molar-refractivity contribution >= 4 is 5.91 Å². The van der Waals surface area contributed by atoms with Gasteiger partial charge in [0.15, 0.2) is 6.61 Å². The summed E-state index contributed by atoms with van der Waals surface area (Å²) in [5.74, 6) is 0.757. The molecule has 0 radical (unpaired) electrons. The lowest BCUT2D eigenvalue weighted by Gasteiger charge is -2.21. The fourth-order valence-electron chi connectivity index (χ4n) is 2.46. The Hall–Kier alpha value is -1.59. The smallest absolute Gasteiger partial charge is 0.260 e. The molecule has 1 amide bonds. The van der Waals surface area contributed by atoms with Gasteiger partial charge in [0.2, 0.25) is 0 Å². The van der Waals surface area contributed by atoms with Gasteiger partial charge < -0.3 is 14.7 Å². The number of hydrogen-bond donors (Lipinski definition) is 1. The molecule has 1 aromatic rings. The fourth-order valence-corrected chi connectivity index (χ4v) is 2.46. The highest BCUT2D eigenvalue weighted by molar-refractivity contribution is 5.77. The molecule has 0 aliphatic carbocycles. The zero-order valence-electron chi connectivity index (χ0n) is 12.6. The van der Waals surface area contributed by atoms with E-state index in [1.165, 1.54) is 5.56 Å². The van der Waals surface area contributed by atoms with E-state index >= 15 is 0 Å². The topological polar surface area (TPSA) is 53.0 Å². The summed E-state index contributed by atoms with van der Waals surface area (Å²) in [5.41, 5.74) is 1.17. The highest BCUT2D eigenvalue weighted by Crippen LogP contribution is 2.12. The molecule has 0 bridgehead atoms. The number of carbonyl (C=O) groups excluding carboxylic acids is 1. The molecule has 0 spiro atoms. The van der Waals surface area contributed by atoms with Crippen LogP contribution >= 0.6 is 0 Å². The molecule has 116 valence electrons. The second-order valence-electron chi connectivity index (χ2n) is 5.40. The van der Waals surface area contributed by atoms with Crippen LogP contribution in [0.5, 0.6) is 5.75 Å². The molecule has 5 heteroatoms. The molecule has 1 aromatic carbocycles. The Labute approximate surface area is 126 Å². The highest BCUT2D eigenvalue weighted by Gasteiger charge is 2.19. The van der Waals surface area contributed by atoms with Crippen molar-refractivity contribution in [2.75, 3.05) is 45.9 Å². The van der Waals surface area contributed by atoms with Crippen molar-refractivity contribution in [3.8, 4) is 5.75 Å². The van der Waals surface area contributed by atoms with E-state index in [1.807, 2.05) is 36.1 Å². The summed E-state index contributed by atoms with van der Waals surface area (Å²) in [4.78, 5) is 16.2. The third-order valence-electron chi connectivity index (χ3n) is 3.74. The number of nitrogens with zero attached hydrogens (tertiary/aromatic N) is 2. The van der Waals surface area contributed by atoms with Gasteiger partial charge in [-0.1, -0.05) is 17.7 Å². The Morgan fingerprint density at radius 2 is 1.95 bits per heavy atom. The zero-order valence-corrected chi connectivity index (χ0v) is 12.6. The maximum absolute atomic E-state index is 12.2. The van der Waals surface area contributed by atoms with Crippen molar-refractivity contribution in [3.63, 3.8) is 0 Å². The lowest BCUT2D eigenvalue weighted by atomic mass is 10.2. The molecule has 0 atom stereocenters. The largest absolute Gasteiger partial charge is 0.484 e. The summed E-state index contributed by atoms with van der Waals surface area (Å²) in [5, 5.41) is 8.97. The van der Waals surface area contributed by atoms with E-state index < -0.39 is 0 Å². The van der Waals surface area contributed by atoms with Gasteiger partial charge in [-0.3, -0.25) is 9.69 Å². The molecular formula is C16H24N2O3. The summed E-state index contributed by atoms with van der Waals surface area (Å²) in [7, 11) is 0. The molecule has 2 rings (SSSR count). The fraction of sp³-hybridized carbons (Fsp3) is 0.562. The predicted molar refractivity (Wildman–Crippen MR) is 81.4 cm³/mol. The van der Waals surface area contributed by atoms with Crippen LogP contribution in [-0.2, 0) is 4.79 Å². The van der Waals surface area contributed by atoms with Crippen LogP contribution in [0.25, 0.3) is 0 Å². The van der Waals surface area contributed by atoms with Gasteiger partial charge in [-0.05, 0) is 32.0 Å². The average Bonchev–Trinajstić information content (AvgIpc) is 2.72. The molecule has 1 saturated heterocycles. The predicted octanol–water partition coefficient (Wildman–Crippen LogP) is 0.900. The Balaban J connectivity index is 1.79. The first kappa shape index (κ1) is 15.8. The standard InChI is InChI=1S/C16H24N2O3/c1-14-3-5-15(6-4-14)21-13-16(20)18-8-2-7-17(9-10-18)11-12-19/h3-6,19H,2,7-13H2,1H3. The van der Waals surface area contributed by atoms with Crippen molar-refractivity contribution in [2.45, 2.75) is 13.3 Å². The molecule has 1 fully saturated rings. The van der Waals surface area contributed by atoms with E-state index in [1.54, 1.807) is 0 Å². The van der Waals surface area contributed by atoms with Crippen molar-refractivity contribution in [1.82, 2.24) is 9.80 Å². The van der Waals surface area contributed by atoms with Crippen molar-refractivity contribution in [3.05, 3.63) is 29.8 Å². The number of ether oxygens (including phenoxy) is 1. The van der Waals surface area contributed by atoms with Crippen LogP contribution < -0.4 is 4.74 Å². The molecule has 1 N–H and O–H groups in total. The number of benzene rings is 1. The first-order valence-electron chi connectivity index (χ1n) is 7.49. The van der Waals surface area contributed by atoms with Crippen LogP contribution in [0.15, 0.2) is 24.3 Å². The van der Waals surface area contributed by atoms with Crippen molar-refractivity contribution in [1.29, 1.82) is 0 Å². The van der Waals surface area contributed by atoms with Gasteiger partial charge >= 0.3 is 0 Å². The van der Waals surface area contributed by atoms with E-state index in [-0.39, 0.29) is 19.1 Å². The first-order valence-corrected chi connectivity index (χ1v) is 7.49. The minimum Gasteiger partial charge on any atom is -0.484 e. The normalized spacial score (nSPS) is 16.6. The summed E-state index contributed by atoms with van der Waals surface area (Å²) < 4.78 is 5.55. The quantitative estimate of drug-likeness (QED) is 0.876. The van der Waals surface area contributed by atoms with Gasteiger partial charge in [0.1, 0.15) is 5.75 Å². The van der Waals surface area contributed by atoms with E-state index in [0.29, 0.717) is 13.1 Å². The molecule has 0 saturated carbocycles. The van der Waals surface area contributed by atoms with E-state index in [4.69, 9.17) is 9.84 Å². The zero-order chi connectivity index (χ0) is 15.1. The van der Waals surface area contributed by atoms with Crippen LogP contribution in [0.1, 0.15) is 12.0 Å². The average molecular weight is 292 g/mol. The van der Waals surface area contributed by atoms with Crippen LogP contribution in [0, 0.1) is 6.92 Å². The Kier molecular flexibility index (Phi) is 6.02. The summed E-state index contributed by atoms with van der Waals surface area (Å²) in [6.07, 6.45) is 0.941. The third-order valence-corrected chi connectivity index (χ3v) is 3.74. The van der Waals surface area contributed by atoms with Crippen LogP contribution in [0.2, 0.25) is 0 Å². The summed E-state index contributed by atoms with van der Waals surface area (Å²) in [6, 6.07) is 7.71. The van der Waals surface area contributed by atoms with Gasteiger partial charge in [-0.15, -0.1) is 0 Å². The highest BCUT2D eigenvalue weighted by atomic mass is 16.5. The Morgan fingerprint density at radius 1 is 1.19 bits per heavy atom. The number of aliphatic hydroxyl groups is 1. The minimum atomic E-state index is 0.0291. The molecule has 1 heterocycles. The second kappa shape index (κ2) is 8.00. The molecule has 0 unspecified atom stereocenters. The molecular weight excluding hydrogens is 268 g/mol. The monoisotopic (exact) mass is 292 g/mol. The van der Waals surface area contributed by atoms with Gasteiger partial charge in [0.05, 0.1) is 6.61 Å². The number of hydrogen-bond acceptors (Lipinski definition) is 4. The maximum atomic E-state index is 12.2. The lowest BCUT2D eigenvalue weighted by Crippen LogP contribution is -2.38. The van der Waals surface area contributed by atoms with Crippen molar-refractivity contribution in [2.24, 2.45) is 0 Å². The molecule has 5 nitrogen and oxygen atoms in total. The summed E-state index contributed by atoms with van der Waals surface area (Å²) in [6.45, 7) is 6.17. The lowest BCUT2D eigenvalue weighted by molar-refractivity contribution is -0.133. The van der Waals surface area contributed by atoms with Gasteiger partial charge in [0.25, 0.3) is 5.91 Å². The number of carbonyl (C=O) groups is 1. The number of rotatable bonds is 5. The van der Waals surface area contributed by atoms with Crippen LogP contribution in [0.3, 0.4) is 0 Å². The number of β-amino-alcohol motifs (C(OH)–C–C–N with tert-alkyl or cyclic N) is 1. The van der Waals surface area contributed by atoms with Gasteiger partial charge in [0, 0.05) is 26.2 Å². The SMILES string of the molecule is Cc1ccc(OCC(=O)N2CCCN(CCO)CC2)cc1. The number of aliphatic hydroxyl groups excluding tert-OH is 1. The van der Waals surface area contributed by atoms with Crippen molar-refractivity contribution < 1.29 is 14.6 Å². The number of aryl methyl sites for hydroxylation is 1. The Bertz CT molecular complexity index is 447.